The lowest BCUT2D eigenvalue weighted by Crippen LogP contribution is -2.51. The van der Waals surface area contributed by atoms with Gasteiger partial charge in [-0.3, -0.25) is 19.5 Å². The van der Waals surface area contributed by atoms with E-state index in [2.05, 4.69) is 10.2 Å². The van der Waals surface area contributed by atoms with Crippen LogP contribution in [0.1, 0.15) is 28.8 Å². The van der Waals surface area contributed by atoms with Crippen LogP contribution in [0.4, 0.5) is 18.9 Å². The number of H-pyrrole nitrogens is 1. The van der Waals surface area contributed by atoms with E-state index >= 15 is 0 Å². The molecule has 182 valence electrons. The van der Waals surface area contributed by atoms with Gasteiger partial charge in [0.05, 0.1) is 17.1 Å². The van der Waals surface area contributed by atoms with Crippen LogP contribution in [0.25, 0.3) is 10.9 Å². The van der Waals surface area contributed by atoms with Gasteiger partial charge in [0.2, 0.25) is 11.8 Å². The topological polar surface area (TPSA) is 98.4 Å². The largest absolute Gasteiger partial charge is 0.405 e. The number of benzene rings is 2. The lowest BCUT2D eigenvalue weighted by molar-refractivity contribution is -0.138. The summed E-state index contributed by atoms with van der Waals surface area (Å²) >= 11 is 0. The van der Waals surface area contributed by atoms with Crippen LogP contribution in [-0.2, 0) is 15.0 Å². The van der Waals surface area contributed by atoms with E-state index in [1.807, 2.05) is 11.4 Å². The number of halogens is 3. The third kappa shape index (κ3) is 4.11. The Balaban J connectivity index is 1.32. The van der Waals surface area contributed by atoms with E-state index in [9.17, 15) is 27.6 Å². The Morgan fingerprint density at radius 3 is 2.60 bits per heavy atom. The first-order valence-corrected chi connectivity index (χ1v) is 11.2. The maximum absolute atomic E-state index is 13.5. The quantitative estimate of drug-likeness (QED) is 0.594. The van der Waals surface area contributed by atoms with Crippen LogP contribution in [0.15, 0.2) is 48.7 Å². The van der Waals surface area contributed by atoms with Crippen molar-refractivity contribution in [2.45, 2.75) is 24.4 Å². The molecule has 0 bridgehead atoms. The van der Waals surface area contributed by atoms with Crippen LogP contribution in [0.2, 0.25) is 0 Å². The normalized spacial score (nSPS) is 17.2. The van der Waals surface area contributed by atoms with E-state index in [1.165, 1.54) is 4.90 Å². The number of nitrogens with one attached hydrogen (secondary N) is 2. The van der Waals surface area contributed by atoms with E-state index in [4.69, 9.17) is 0 Å². The minimum atomic E-state index is -4.54. The summed E-state index contributed by atoms with van der Waals surface area (Å²) < 4.78 is 37.5. The zero-order valence-electron chi connectivity index (χ0n) is 18.6. The smallest absolute Gasteiger partial charge is 0.345 e. The molecule has 3 amide bonds. The summed E-state index contributed by atoms with van der Waals surface area (Å²) in [6, 6.07) is 12.3. The molecule has 1 spiro atoms. The highest BCUT2D eigenvalue weighted by Crippen LogP contribution is 2.48. The molecule has 2 aromatic carbocycles. The fraction of sp³-hybridized carbons (Fsp3) is 0.333. The molecule has 0 aliphatic carbocycles. The number of fused-ring (bicyclic) bond motifs is 3. The van der Waals surface area contributed by atoms with Crippen LogP contribution in [-0.4, -0.2) is 65.2 Å². The molecule has 2 N–H and O–H groups in total. The van der Waals surface area contributed by atoms with Crippen molar-refractivity contribution in [3.8, 4) is 0 Å². The van der Waals surface area contributed by atoms with Crippen molar-refractivity contribution in [2.24, 2.45) is 0 Å². The first-order valence-electron chi connectivity index (χ1n) is 11.2. The fourth-order valence-corrected chi connectivity index (χ4v) is 4.98. The average Bonchev–Trinajstić information content (AvgIpc) is 3.40. The Hall–Kier alpha value is -3.89. The van der Waals surface area contributed by atoms with Gasteiger partial charge >= 0.3 is 6.18 Å². The third-order valence-electron chi connectivity index (χ3n) is 6.74. The Bertz CT molecular complexity index is 1310. The summed E-state index contributed by atoms with van der Waals surface area (Å²) in [7, 11) is 0. The Kier molecular flexibility index (Phi) is 5.49. The van der Waals surface area contributed by atoms with Crippen molar-refractivity contribution in [3.63, 3.8) is 0 Å². The van der Waals surface area contributed by atoms with Gasteiger partial charge in [0.25, 0.3) is 5.91 Å². The van der Waals surface area contributed by atoms with Crippen LogP contribution < -0.4 is 10.2 Å². The lowest BCUT2D eigenvalue weighted by Gasteiger charge is -2.38. The second-order valence-corrected chi connectivity index (χ2v) is 8.85. The number of rotatable bonds is 4. The molecule has 2 aliphatic rings. The Morgan fingerprint density at radius 2 is 1.86 bits per heavy atom. The number of likely N-dealkylation sites (tertiary alicyclic amines) is 1. The highest BCUT2D eigenvalue weighted by Gasteiger charge is 2.52. The van der Waals surface area contributed by atoms with Gasteiger partial charge in [0.15, 0.2) is 0 Å². The molecule has 3 aromatic rings. The molecule has 35 heavy (non-hydrogen) atoms. The maximum Gasteiger partial charge on any atom is 0.405 e. The molecule has 1 saturated heterocycles. The van der Waals surface area contributed by atoms with Gasteiger partial charge < -0.3 is 15.1 Å². The molecule has 1 fully saturated rings. The number of anilines is 1. The number of para-hydroxylation sites is 1. The zero-order valence-corrected chi connectivity index (χ0v) is 18.6. The SMILES string of the molecule is O=C(CN1C(=O)C2(CCN(C(=O)c3ccc4[nH]ncc4c3)CC2)c2ccccc21)NCC(F)(F)F. The van der Waals surface area contributed by atoms with Crippen LogP contribution in [0.3, 0.4) is 0 Å². The van der Waals surface area contributed by atoms with Gasteiger partial charge in [-0.05, 0) is 42.7 Å². The Morgan fingerprint density at radius 1 is 1.11 bits per heavy atom. The Labute approximate surface area is 198 Å². The van der Waals surface area contributed by atoms with Gasteiger partial charge in [-0.2, -0.15) is 18.3 Å². The monoisotopic (exact) mass is 485 g/mol. The molecular formula is C24H22F3N5O3. The molecule has 0 radical (unpaired) electrons. The van der Waals surface area contributed by atoms with E-state index < -0.39 is 30.6 Å². The number of alkyl halides is 3. The predicted molar refractivity (Wildman–Crippen MR) is 121 cm³/mol. The molecule has 2 aliphatic heterocycles. The molecule has 0 atom stereocenters. The average molecular weight is 485 g/mol. The third-order valence-corrected chi connectivity index (χ3v) is 6.74. The highest BCUT2D eigenvalue weighted by atomic mass is 19.4. The first-order chi connectivity index (χ1) is 16.7. The number of aromatic nitrogens is 2. The van der Waals surface area contributed by atoms with Gasteiger partial charge in [0, 0.05) is 29.7 Å². The maximum atomic E-state index is 13.5. The minimum absolute atomic E-state index is 0.148. The summed E-state index contributed by atoms with van der Waals surface area (Å²) in [6.45, 7) is -1.30. The number of carbonyl (C=O) groups is 3. The van der Waals surface area contributed by atoms with E-state index in [1.54, 1.807) is 47.5 Å². The van der Waals surface area contributed by atoms with Gasteiger partial charge in [0.1, 0.15) is 13.1 Å². The van der Waals surface area contributed by atoms with Crippen LogP contribution in [0, 0.1) is 0 Å². The number of aromatic amines is 1. The van der Waals surface area contributed by atoms with Crippen molar-refractivity contribution in [1.82, 2.24) is 20.4 Å². The standard InChI is InChI=1S/C24H22F3N5O3/c25-24(26,27)14-28-20(33)13-32-19-4-2-1-3-17(19)23(22(32)35)7-9-31(10-8-23)21(34)15-5-6-18-16(11-15)12-29-30-18/h1-6,11-12H,7-10,13-14H2,(H,28,33)(H,29,30). The minimum Gasteiger partial charge on any atom is -0.345 e. The zero-order chi connectivity index (χ0) is 24.8. The second kappa shape index (κ2) is 8.40. The van der Waals surface area contributed by atoms with Crippen molar-refractivity contribution in [3.05, 3.63) is 59.8 Å². The van der Waals surface area contributed by atoms with Crippen LogP contribution in [0.5, 0.6) is 0 Å². The van der Waals surface area contributed by atoms with Gasteiger partial charge in [-0.1, -0.05) is 18.2 Å². The number of carbonyl (C=O) groups excluding carboxylic acids is 3. The first kappa shape index (κ1) is 22.9. The van der Waals surface area contributed by atoms with E-state index in [-0.39, 0.29) is 11.8 Å². The number of nitrogens with zero attached hydrogens (tertiary/aromatic N) is 3. The number of amides is 3. The fourth-order valence-electron chi connectivity index (χ4n) is 4.98. The molecule has 8 nitrogen and oxygen atoms in total. The number of hydrogen-bond donors (Lipinski definition) is 2. The molecule has 0 unspecified atom stereocenters. The molecule has 0 saturated carbocycles. The van der Waals surface area contributed by atoms with Crippen molar-refractivity contribution in [1.29, 1.82) is 0 Å². The predicted octanol–water partition coefficient (Wildman–Crippen LogP) is 2.76. The summed E-state index contributed by atoms with van der Waals surface area (Å²) in [5.74, 6) is -1.36. The summed E-state index contributed by atoms with van der Waals surface area (Å²) in [4.78, 5) is 41.8. The molecule has 1 aromatic heterocycles. The second-order valence-electron chi connectivity index (χ2n) is 8.85. The molecule has 3 heterocycles. The summed E-state index contributed by atoms with van der Waals surface area (Å²) in [5, 5.41) is 9.46. The summed E-state index contributed by atoms with van der Waals surface area (Å²) in [5.41, 5.74) is 1.68. The molecule has 5 rings (SSSR count). The molecule has 11 heteroatoms. The van der Waals surface area contributed by atoms with E-state index in [0.717, 1.165) is 16.5 Å². The van der Waals surface area contributed by atoms with Gasteiger partial charge in [-0.25, -0.2) is 0 Å². The highest BCUT2D eigenvalue weighted by molar-refractivity contribution is 6.11. The van der Waals surface area contributed by atoms with Crippen molar-refractivity contribution >= 4 is 34.3 Å². The van der Waals surface area contributed by atoms with Crippen LogP contribution >= 0.6 is 0 Å². The summed E-state index contributed by atoms with van der Waals surface area (Å²) in [6.07, 6.45) is -2.19. The van der Waals surface area contributed by atoms with Crippen molar-refractivity contribution in [2.75, 3.05) is 31.1 Å². The number of hydrogen-bond acceptors (Lipinski definition) is 4. The lowest BCUT2D eigenvalue weighted by atomic mass is 9.73. The number of piperidine rings is 1. The van der Waals surface area contributed by atoms with E-state index in [0.29, 0.717) is 37.2 Å². The van der Waals surface area contributed by atoms with Gasteiger partial charge in [-0.15, -0.1) is 0 Å². The molecular weight excluding hydrogens is 463 g/mol. The van der Waals surface area contributed by atoms with Crippen molar-refractivity contribution < 1.29 is 27.6 Å².